The van der Waals surface area contributed by atoms with Crippen molar-refractivity contribution < 1.29 is 5.11 Å². The van der Waals surface area contributed by atoms with Gasteiger partial charge in [0.15, 0.2) is 0 Å². The first-order valence-corrected chi connectivity index (χ1v) is 13.6. The zero-order valence-corrected chi connectivity index (χ0v) is 21.7. The predicted molar refractivity (Wildman–Crippen MR) is 143 cm³/mol. The van der Waals surface area contributed by atoms with Crippen LogP contribution in [0, 0.1) is 13.8 Å². The van der Waals surface area contributed by atoms with Crippen molar-refractivity contribution in [3.8, 4) is 0 Å². The highest BCUT2D eigenvalue weighted by Crippen LogP contribution is 2.24. The molecular formula is C30H51NO. The Labute approximate surface area is 199 Å². The average molecular weight is 442 g/mol. The molecule has 1 aromatic heterocycles. The molecule has 0 atom stereocenters. The Balaban J connectivity index is 2.74. The molecule has 0 aromatic carbocycles. The highest BCUT2D eigenvalue weighted by Gasteiger charge is 2.11. The lowest BCUT2D eigenvalue weighted by Gasteiger charge is -2.14. The molecule has 0 bridgehead atoms. The van der Waals surface area contributed by atoms with Gasteiger partial charge in [0.1, 0.15) is 0 Å². The summed E-state index contributed by atoms with van der Waals surface area (Å²) in [6.07, 6.45) is 29.3. The number of aromatic nitrogens is 1. The minimum absolute atomic E-state index is 0.223. The fraction of sp³-hybridized carbons (Fsp3) is 0.700. The molecule has 0 fully saturated rings. The molecule has 32 heavy (non-hydrogen) atoms. The van der Waals surface area contributed by atoms with E-state index in [-0.39, 0.29) is 6.61 Å². The van der Waals surface area contributed by atoms with Gasteiger partial charge in [-0.1, -0.05) is 102 Å². The number of allylic oxidation sites excluding steroid dienone is 2. The lowest BCUT2D eigenvalue weighted by Crippen LogP contribution is -2.04. The first-order valence-electron chi connectivity index (χ1n) is 13.6. The number of pyridine rings is 1. The highest BCUT2D eigenvalue weighted by molar-refractivity contribution is 5.66. The fourth-order valence-corrected chi connectivity index (χ4v) is 4.35. The number of aliphatic hydroxyl groups excluding tert-OH is 1. The largest absolute Gasteiger partial charge is 0.396 e. The molecule has 0 saturated heterocycles. The molecule has 182 valence electrons. The van der Waals surface area contributed by atoms with Crippen molar-refractivity contribution in [3.05, 3.63) is 40.2 Å². The SMILES string of the molecule is CCCCCCCC/C=C\c1c(C)nc(CCCO)c(/C=C/CCCCCCCC)c1C. The molecule has 2 heteroatoms. The van der Waals surface area contributed by atoms with Crippen LogP contribution in [-0.4, -0.2) is 16.7 Å². The van der Waals surface area contributed by atoms with Gasteiger partial charge in [0.2, 0.25) is 0 Å². The van der Waals surface area contributed by atoms with Crippen LogP contribution in [0.4, 0.5) is 0 Å². The predicted octanol–water partition coefficient (Wildman–Crippen LogP) is 9.15. The molecule has 0 aliphatic heterocycles. The van der Waals surface area contributed by atoms with Crippen molar-refractivity contribution in [2.45, 2.75) is 130 Å². The quantitative estimate of drug-likeness (QED) is 0.217. The van der Waals surface area contributed by atoms with Gasteiger partial charge in [0, 0.05) is 18.0 Å². The summed E-state index contributed by atoms with van der Waals surface area (Å²) in [7, 11) is 0. The second-order valence-corrected chi connectivity index (χ2v) is 9.34. The summed E-state index contributed by atoms with van der Waals surface area (Å²) in [5, 5.41) is 9.32. The van der Waals surface area contributed by atoms with Crippen molar-refractivity contribution in [3.63, 3.8) is 0 Å². The molecule has 1 heterocycles. The van der Waals surface area contributed by atoms with Crippen molar-refractivity contribution in [1.29, 1.82) is 0 Å². The van der Waals surface area contributed by atoms with E-state index in [0.717, 1.165) is 37.1 Å². The van der Waals surface area contributed by atoms with Crippen molar-refractivity contribution >= 4 is 12.2 Å². The number of aliphatic hydroxyl groups is 1. The number of aryl methyl sites for hydroxylation is 2. The van der Waals surface area contributed by atoms with Crippen LogP contribution >= 0.6 is 0 Å². The molecule has 1 N–H and O–H groups in total. The van der Waals surface area contributed by atoms with Crippen LogP contribution in [0.3, 0.4) is 0 Å². The number of nitrogens with zero attached hydrogens (tertiary/aromatic N) is 1. The maximum Gasteiger partial charge on any atom is 0.0482 e. The molecule has 0 saturated carbocycles. The Kier molecular flexibility index (Phi) is 17.1. The highest BCUT2D eigenvalue weighted by atomic mass is 16.2. The molecule has 2 nitrogen and oxygen atoms in total. The number of rotatable bonds is 19. The third kappa shape index (κ3) is 12.0. The summed E-state index contributed by atoms with van der Waals surface area (Å²) in [6.45, 7) is 9.14. The maximum absolute atomic E-state index is 9.32. The van der Waals surface area contributed by atoms with E-state index < -0.39 is 0 Å². The molecule has 0 unspecified atom stereocenters. The van der Waals surface area contributed by atoms with Crippen LogP contribution in [-0.2, 0) is 6.42 Å². The summed E-state index contributed by atoms with van der Waals surface area (Å²) < 4.78 is 0. The zero-order valence-electron chi connectivity index (χ0n) is 21.7. The Morgan fingerprint density at radius 1 is 0.656 bits per heavy atom. The summed E-state index contributed by atoms with van der Waals surface area (Å²) in [5.41, 5.74) is 6.14. The lowest BCUT2D eigenvalue weighted by molar-refractivity contribution is 0.288. The second-order valence-electron chi connectivity index (χ2n) is 9.34. The van der Waals surface area contributed by atoms with E-state index in [2.05, 4.69) is 52.0 Å². The average Bonchev–Trinajstić information content (AvgIpc) is 2.79. The topological polar surface area (TPSA) is 33.1 Å². The van der Waals surface area contributed by atoms with Crippen LogP contribution in [0.15, 0.2) is 12.2 Å². The van der Waals surface area contributed by atoms with Gasteiger partial charge in [-0.3, -0.25) is 4.98 Å². The van der Waals surface area contributed by atoms with E-state index in [1.54, 1.807) is 0 Å². The summed E-state index contributed by atoms with van der Waals surface area (Å²) in [5.74, 6) is 0. The van der Waals surface area contributed by atoms with Gasteiger partial charge in [-0.2, -0.15) is 0 Å². The van der Waals surface area contributed by atoms with Crippen LogP contribution in [0.5, 0.6) is 0 Å². The molecule has 0 spiro atoms. The van der Waals surface area contributed by atoms with Crippen LogP contribution < -0.4 is 0 Å². The van der Waals surface area contributed by atoms with Crippen molar-refractivity contribution in [2.75, 3.05) is 6.61 Å². The smallest absolute Gasteiger partial charge is 0.0482 e. The zero-order chi connectivity index (χ0) is 23.4. The number of unbranched alkanes of at least 4 members (excludes halogenated alkanes) is 12. The molecular weight excluding hydrogens is 390 g/mol. The third-order valence-electron chi connectivity index (χ3n) is 6.40. The molecule has 0 radical (unpaired) electrons. The lowest BCUT2D eigenvalue weighted by atomic mass is 9.96. The van der Waals surface area contributed by atoms with Crippen LogP contribution in [0.25, 0.3) is 12.2 Å². The van der Waals surface area contributed by atoms with Gasteiger partial charge in [-0.15, -0.1) is 0 Å². The summed E-state index contributed by atoms with van der Waals surface area (Å²) >= 11 is 0. The Morgan fingerprint density at radius 3 is 1.69 bits per heavy atom. The minimum Gasteiger partial charge on any atom is -0.396 e. The van der Waals surface area contributed by atoms with Crippen molar-refractivity contribution in [1.82, 2.24) is 4.98 Å². The van der Waals surface area contributed by atoms with Gasteiger partial charge >= 0.3 is 0 Å². The van der Waals surface area contributed by atoms with Gasteiger partial charge in [0.05, 0.1) is 0 Å². The monoisotopic (exact) mass is 441 g/mol. The summed E-state index contributed by atoms with van der Waals surface area (Å²) in [4.78, 5) is 4.96. The number of hydrogen-bond acceptors (Lipinski definition) is 2. The fourth-order valence-electron chi connectivity index (χ4n) is 4.35. The number of hydrogen-bond donors (Lipinski definition) is 1. The molecule has 0 amide bonds. The van der Waals surface area contributed by atoms with E-state index in [0.29, 0.717) is 0 Å². The van der Waals surface area contributed by atoms with Crippen LogP contribution in [0.1, 0.15) is 138 Å². The molecule has 0 aliphatic rings. The van der Waals surface area contributed by atoms with Gasteiger partial charge in [-0.05, 0) is 69.1 Å². The first-order chi connectivity index (χ1) is 15.7. The summed E-state index contributed by atoms with van der Waals surface area (Å²) in [6, 6.07) is 0. The van der Waals surface area contributed by atoms with Gasteiger partial charge < -0.3 is 5.11 Å². The van der Waals surface area contributed by atoms with E-state index in [9.17, 15) is 5.11 Å². The molecule has 0 aliphatic carbocycles. The van der Waals surface area contributed by atoms with Crippen LogP contribution in [0.2, 0.25) is 0 Å². The Morgan fingerprint density at radius 2 is 1.16 bits per heavy atom. The third-order valence-corrected chi connectivity index (χ3v) is 6.40. The minimum atomic E-state index is 0.223. The van der Waals surface area contributed by atoms with E-state index >= 15 is 0 Å². The molecule has 1 aromatic rings. The normalized spacial score (nSPS) is 11.9. The van der Waals surface area contributed by atoms with Crippen molar-refractivity contribution in [2.24, 2.45) is 0 Å². The van der Waals surface area contributed by atoms with Gasteiger partial charge in [-0.25, -0.2) is 0 Å². The Hall–Kier alpha value is -1.41. The van der Waals surface area contributed by atoms with E-state index in [1.165, 1.54) is 93.7 Å². The first kappa shape index (κ1) is 28.6. The van der Waals surface area contributed by atoms with E-state index in [1.807, 2.05) is 0 Å². The standard InChI is InChI=1S/C30H51NO/c1-5-7-9-11-13-15-17-19-22-28-26(3)29(30(24-21-25-32)31-27(28)4)23-20-18-16-14-12-10-8-6-2/h19-20,22-23,32H,5-18,21,24-25H2,1-4H3/b22-19-,23-20+. The maximum atomic E-state index is 9.32. The molecule has 1 rings (SSSR count). The second kappa shape index (κ2) is 19.1. The van der Waals surface area contributed by atoms with E-state index in [4.69, 9.17) is 4.98 Å². The van der Waals surface area contributed by atoms with Gasteiger partial charge in [0.25, 0.3) is 0 Å². The Bertz CT molecular complexity index is 659.